The average Bonchev–Trinajstić information content (AvgIpc) is 3.39. The number of ether oxygens (including phenoxy) is 1. The molecule has 1 fully saturated rings. The Morgan fingerprint density at radius 1 is 1.40 bits per heavy atom. The summed E-state index contributed by atoms with van der Waals surface area (Å²) in [6, 6.07) is 8.16. The molecule has 0 bridgehead atoms. The van der Waals surface area contributed by atoms with Gasteiger partial charge in [0.15, 0.2) is 0 Å². The second-order valence-corrected chi connectivity index (χ2v) is 7.58. The topological polar surface area (TPSA) is 42.4 Å². The fourth-order valence-electron chi connectivity index (χ4n) is 2.89. The summed E-state index contributed by atoms with van der Waals surface area (Å²) in [6.07, 6.45) is 5.88. The molecule has 1 aromatic carbocycles. The highest BCUT2D eigenvalue weighted by Gasteiger charge is 2.33. The SMILES string of the molecule is COc1ccc(CN(C(=O)/C=C/c2csc(C)n2)C(C)C2CC2)cc1. The maximum Gasteiger partial charge on any atom is 0.247 e. The number of hydrogen-bond acceptors (Lipinski definition) is 4. The highest BCUT2D eigenvalue weighted by molar-refractivity contribution is 7.09. The second kappa shape index (κ2) is 7.83. The molecule has 0 saturated heterocycles. The van der Waals surface area contributed by atoms with E-state index in [1.165, 1.54) is 12.8 Å². The third-order valence-corrected chi connectivity index (χ3v) is 5.42. The second-order valence-electron chi connectivity index (χ2n) is 6.52. The van der Waals surface area contributed by atoms with Crippen LogP contribution in [-0.2, 0) is 11.3 Å². The highest BCUT2D eigenvalue weighted by Crippen LogP contribution is 2.36. The van der Waals surface area contributed by atoms with Gasteiger partial charge in [-0.3, -0.25) is 4.79 Å². The summed E-state index contributed by atoms with van der Waals surface area (Å²) in [5, 5.41) is 2.98. The van der Waals surface area contributed by atoms with Crippen LogP contribution in [-0.4, -0.2) is 28.9 Å². The molecule has 1 atom stereocenters. The lowest BCUT2D eigenvalue weighted by Crippen LogP contribution is -2.38. The highest BCUT2D eigenvalue weighted by atomic mass is 32.1. The van der Waals surface area contributed by atoms with Crippen molar-refractivity contribution in [2.75, 3.05) is 7.11 Å². The molecule has 0 N–H and O–H groups in total. The molecule has 1 aliphatic rings. The van der Waals surface area contributed by atoms with E-state index in [4.69, 9.17) is 4.74 Å². The minimum Gasteiger partial charge on any atom is -0.497 e. The first-order valence-corrected chi connectivity index (χ1v) is 9.48. The van der Waals surface area contributed by atoms with Crippen molar-refractivity contribution in [2.45, 2.75) is 39.3 Å². The number of aryl methyl sites for hydroxylation is 1. The Balaban J connectivity index is 1.73. The van der Waals surface area contributed by atoms with Crippen LogP contribution in [0.1, 0.15) is 36.0 Å². The van der Waals surface area contributed by atoms with Gasteiger partial charge < -0.3 is 9.64 Å². The number of aromatic nitrogens is 1. The van der Waals surface area contributed by atoms with Gasteiger partial charge in [-0.1, -0.05) is 12.1 Å². The van der Waals surface area contributed by atoms with Gasteiger partial charge in [0.1, 0.15) is 5.75 Å². The van der Waals surface area contributed by atoms with Gasteiger partial charge in [-0.2, -0.15) is 0 Å². The van der Waals surface area contributed by atoms with E-state index in [2.05, 4.69) is 11.9 Å². The first-order chi connectivity index (χ1) is 12.1. The largest absolute Gasteiger partial charge is 0.497 e. The Morgan fingerprint density at radius 3 is 2.68 bits per heavy atom. The number of thiazole rings is 1. The van der Waals surface area contributed by atoms with Gasteiger partial charge >= 0.3 is 0 Å². The van der Waals surface area contributed by atoms with E-state index in [1.54, 1.807) is 24.5 Å². The van der Waals surface area contributed by atoms with E-state index in [1.807, 2.05) is 47.5 Å². The molecule has 3 rings (SSSR count). The molecule has 1 unspecified atom stereocenters. The van der Waals surface area contributed by atoms with E-state index in [0.717, 1.165) is 22.0 Å². The molecule has 1 amide bonds. The first kappa shape index (κ1) is 17.7. The molecule has 1 saturated carbocycles. The number of carbonyl (C=O) groups excluding carboxylic acids is 1. The van der Waals surface area contributed by atoms with Gasteiger partial charge in [0.05, 0.1) is 17.8 Å². The van der Waals surface area contributed by atoms with Crippen molar-refractivity contribution in [1.29, 1.82) is 0 Å². The van der Waals surface area contributed by atoms with Crippen molar-refractivity contribution in [3.05, 3.63) is 52.0 Å². The first-order valence-electron chi connectivity index (χ1n) is 8.60. The smallest absolute Gasteiger partial charge is 0.247 e. The van der Waals surface area contributed by atoms with E-state index < -0.39 is 0 Å². The monoisotopic (exact) mass is 356 g/mol. The van der Waals surface area contributed by atoms with Crippen LogP contribution in [0, 0.1) is 12.8 Å². The summed E-state index contributed by atoms with van der Waals surface area (Å²) in [7, 11) is 1.66. The predicted molar refractivity (Wildman–Crippen MR) is 102 cm³/mol. The molecule has 0 spiro atoms. The van der Waals surface area contributed by atoms with E-state index in [0.29, 0.717) is 12.5 Å². The number of carbonyl (C=O) groups is 1. The number of methoxy groups -OCH3 is 1. The van der Waals surface area contributed by atoms with Gasteiger partial charge in [-0.15, -0.1) is 11.3 Å². The third-order valence-electron chi connectivity index (χ3n) is 4.62. The summed E-state index contributed by atoms with van der Waals surface area (Å²) in [5.41, 5.74) is 1.96. The number of hydrogen-bond donors (Lipinski definition) is 0. The van der Waals surface area contributed by atoms with Crippen LogP contribution >= 0.6 is 11.3 Å². The third kappa shape index (κ3) is 4.69. The molecular weight excluding hydrogens is 332 g/mol. The van der Waals surface area contributed by atoms with Crippen molar-refractivity contribution in [3.8, 4) is 5.75 Å². The van der Waals surface area contributed by atoms with Crippen LogP contribution in [0.3, 0.4) is 0 Å². The number of rotatable bonds is 7. The molecule has 1 aromatic heterocycles. The number of benzene rings is 1. The maximum absolute atomic E-state index is 12.8. The van der Waals surface area contributed by atoms with Gasteiger partial charge in [0.25, 0.3) is 0 Å². The zero-order valence-electron chi connectivity index (χ0n) is 14.9. The van der Waals surface area contributed by atoms with Crippen LogP contribution in [0.4, 0.5) is 0 Å². The number of nitrogens with zero attached hydrogens (tertiary/aromatic N) is 2. The molecule has 1 aliphatic carbocycles. The quantitative estimate of drug-likeness (QED) is 0.695. The van der Waals surface area contributed by atoms with Gasteiger partial charge in [0, 0.05) is 24.0 Å². The Labute approximate surface area is 153 Å². The fraction of sp³-hybridized carbons (Fsp3) is 0.400. The van der Waals surface area contributed by atoms with Crippen molar-refractivity contribution in [3.63, 3.8) is 0 Å². The van der Waals surface area contributed by atoms with Crippen LogP contribution < -0.4 is 4.74 Å². The molecule has 25 heavy (non-hydrogen) atoms. The standard InChI is InChI=1S/C20H24N2O2S/c1-14(17-6-7-17)22(12-16-4-9-19(24-3)10-5-16)20(23)11-8-18-13-25-15(2)21-18/h4-5,8-11,13-14,17H,6-7,12H2,1-3H3/b11-8+. The molecular formula is C20H24N2O2S. The fourth-order valence-corrected chi connectivity index (χ4v) is 3.47. The van der Waals surface area contributed by atoms with Crippen molar-refractivity contribution in [2.24, 2.45) is 5.92 Å². The summed E-state index contributed by atoms with van der Waals surface area (Å²) >= 11 is 1.59. The van der Waals surface area contributed by atoms with E-state index in [9.17, 15) is 4.79 Å². The van der Waals surface area contributed by atoms with Crippen LogP contribution in [0.15, 0.2) is 35.7 Å². The lowest BCUT2D eigenvalue weighted by molar-refractivity contribution is -0.129. The Bertz CT molecular complexity index is 747. The molecule has 4 nitrogen and oxygen atoms in total. The summed E-state index contributed by atoms with van der Waals surface area (Å²) in [6.45, 7) is 4.73. The molecule has 0 aliphatic heterocycles. The lowest BCUT2D eigenvalue weighted by Gasteiger charge is -2.28. The minimum atomic E-state index is 0.0425. The van der Waals surface area contributed by atoms with Crippen LogP contribution in [0.5, 0.6) is 5.75 Å². The van der Waals surface area contributed by atoms with E-state index in [-0.39, 0.29) is 11.9 Å². The van der Waals surface area contributed by atoms with Gasteiger partial charge in [-0.25, -0.2) is 4.98 Å². The molecule has 5 heteroatoms. The number of amides is 1. The minimum absolute atomic E-state index is 0.0425. The normalized spacial score (nSPS) is 15.3. The Morgan fingerprint density at radius 2 is 2.12 bits per heavy atom. The Hall–Kier alpha value is -2.14. The lowest BCUT2D eigenvalue weighted by atomic mass is 10.1. The zero-order valence-corrected chi connectivity index (χ0v) is 15.8. The van der Waals surface area contributed by atoms with E-state index >= 15 is 0 Å². The molecule has 132 valence electrons. The maximum atomic E-state index is 12.8. The van der Waals surface area contributed by atoms with Gasteiger partial charge in [0.2, 0.25) is 5.91 Å². The average molecular weight is 356 g/mol. The van der Waals surface area contributed by atoms with Crippen LogP contribution in [0.2, 0.25) is 0 Å². The molecule has 0 radical (unpaired) electrons. The van der Waals surface area contributed by atoms with Gasteiger partial charge in [-0.05, 0) is 56.4 Å². The summed E-state index contributed by atoms with van der Waals surface area (Å²) < 4.78 is 5.21. The Kier molecular flexibility index (Phi) is 5.53. The van der Waals surface area contributed by atoms with Crippen LogP contribution in [0.25, 0.3) is 6.08 Å². The predicted octanol–water partition coefficient (Wildman–Crippen LogP) is 4.30. The molecule has 2 aromatic rings. The summed E-state index contributed by atoms with van der Waals surface area (Å²) in [4.78, 5) is 19.2. The summed E-state index contributed by atoms with van der Waals surface area (Å²) in [5.74, 6) is 1.49. The molecule has 1 heterocycles. The van der Waals surface area contributed by atoms with Crippen molar-refractivity contribution < 1.29 is 9.53 Å². The zero-order chi connectivity index (χ0) is 17.8. The van der Waals surface area contributed by atoms with Crippen molar-refractivity contribution in [1.82, 2.24) is 9.88 Å². The van der Waals surface area contributed by atoms with Crippen molar-refractivity contribution >= 4 is 23.3 Å².